The van der Waals surface area contributed by atoms with Gasteiger partial charge in [-0.25, -0.2) is 4.68 Å². The number of benzene rings is 1. The van der Waals surface area contributed by atoms with Crippen molar-refractivity contribution in [1.82, 2.24) is 9.78 Å². The molecule has 5 heteroatoms. The van der Waals surface area contributed by atoms with E-state index in [1.807, 2.05) is 44.2 Å². The van der Waals surface area contributed by atoms with Gasteiger partial charge in [0.1, 0.15) is 5.82 Å². The Hall–Kier alpha value is -2.14. The van der Waals surface area contributed by atoms with E-state index < -0.39 is 6.04 Å². The molecule has 1 atom stereocenters. The predicted octanol–water partition coefficient (Wildman–Crippen LogP) is 3.37. The smallest absolute Gasteiger partial charge is 0.242 e. The van der Waals surface area contributed by atoms with Crippen LogP contribution in [0.25, 0.3) is 5.69 Å². The summed E-state index contributed by atoms with van der Waals surface area (Å²) in [6.07, 6.45) is 1.55. The van der Waals surface area contributed by atoms with Crippen molar-refractivity contribution in [2.24, 2.45) is 5.73 Å². The number of nitrogens with zero attached hydrogens (tertiary/aromatic N) is 2. The summed E-state index contributed by atoms with van der Waals surface area (Å²) in [7, 11) is 0. The number of amides is 1. The average Bonchev–Trinajstić information content (AvgIpc) is 2.92. The third-order valence-corrected chi connectivity index (χ3v) is 3.79. The van der Waals surface area contributed by atoms with Crippen LogP contribution >= 0.6 is 0 Å². The number of rotatable bonds is 6. The van der Waals surface area contributed by atoms with Gasteiger partial charge in [0.15, 0.2) is 0 Å². The van der Waals surface area contributed by atoms with Gasteiger partial charge in [0.2, 0.25) is 5.91 Å². The maximum absolute atomic E-state index is 12.2. The quantitative estimate of drug-likeness (QED) is 0.858. The Bertz CT molecular complexity index is 658. The van der Waals surface area contributed by atoms with E-state index in [9.17, 15) is 4.79 Å². The second-order valence-electron chi connectivity index (χ2n) is 6.24. The number of nitrogens with two attached hydrogens (primary N) is 1. The molecule has 3 N–H and O–H groups in total. The highest BCUT2D eigenvalue weighted by Gasteiger charge is 2.17. The molecular weight excluding hydrogens is 288 g/mol. The van der Waals surface area contributed by atoms with Crippen molar-refractivity contribution in [3.05, 3.63) is 41.6 Å². The standard InChI is InChI=1S/C18H26N4O/c1-5-6-15(19)18(23)20-17-11-16(12(2)3)21-22(17)14-9-7-13(4)8-10-14/h7-12,15H,5-6,19H2,1-4H3,(H,20,23). The number of anilines is 1. The fraction of sp³-hybridized carbons (Fsp3) is 0.444. The molecule has 1 unspecified atom stereocenters. The molecule has 2 rings (SSSR count). The first-order valence-corrected chi connectivity index (χ1v) is 8.15. The fourth-order valence-corrected chi connectivity index (χ4v) is 2.31. The molecule has 0 saturated carbocycles. The summed E-state index contributed by atoms with van der Waals surface area (Å²) in [5.74, 6) is 0.770. The lowest BCUT2D eigenvalue weighted by atomic mass is 10.1. The molecule has 1 aromatic heterocycles. The monoisotopic (exact) mass is 314 g/mol. The normalized spacial score (nSPS) is 12.4. The Morgan fingerprint density at radius 3 is 2.52 bits per heavy atom. The summed E-state index contributed by atoms with van der Waals surface area (Å²) in [5.41, 5.74) is 8.94. The SMILES string of the molecule is CCCC(N)C(=O)Nc1cc(C(C)C)nn1-c1ccc(C)cc1. The van der Waals surface area contributed by atoms with Crippen LogP contribution < -0.4 is 11.1 Å². The van der Waals surface area contributed by atoms with E-state index in [0.29, 0.717) is 12.2 Å². The molecule has 1 aromatic carbocycles. The Morgan fingerprint density at radius 1 is 1.30 bits per heavy atom. The van der Waals surface area contributed by atoms with Crippen LogP contribution in [-0.2, 0) is 4.79 Å². The van der Waals surface area contributed by atoms with E-state index in [1.54, 1.807) is 4.68 Å². The molecule has 0 bridgehead atoms. The zero-order valence-electron chi connectivity index (χ0n) is 14.3. The van der Waals surface area contributed by atoms with E-state index in [4.69, 9.17) is 5.73 Å². The van der Waals surface area contributed by atoms with Gasteiger partial charge in [0, 0.05) is 6.07 Å². The number of aromatic nitrogens is 2. The summed E-state index contributed by atoms with van der Waals surface area (Å²) in [6.45, 7) is 8.21. The number of hydrogen-bond donors (Lipinski definition) is 2. The molecule has 0 aliphatic heterocycles. The van der Waals surface area contributed by atoms with Gasteiger partial charge in [-0.1, -0.05) is 44.9 Å². The fourth-order valence-electron chi connectivity index (χ4n) is 2.31. The predicted molar refractivity (Wildman–Crippen MR) is 93.9 cm³/mol. The van der Waals surface area contributed by atoms with E-state index in [-0.39, 0.29) is 11.8 Å². The van der Waals surface area contributed by atoms with Crippen LogP contribution in [0.5, 0.6) is 0 Å². The van der Waals surface area contributed by atoms with E-state index in [2.05, 4.69) is 24.3 Å². The number of carbonyl (C=O) groups is 1. The van der Waals surface area contributed by atoms with Crippen LogP contribution in [0.15, 0.2) is 30.3 Å². The van der Waals surface area contributed by atoms with E-state index in [0.717, 1.165) is 17.8 Å². The Balaban J connectivity index is 2.34. The summed E-state index contributed by atoms with van der Waals surface area (Å²) in [6, 6.07) is 9.47. The zero-order chi connectivity index (χ0) is 17.0. The molecule has 0 fully saturated rings. The number of aryl methyl sites for hydroxylation is 1. The van der Waals surface area contributed by atoms with Gasteiger partial charge in [-0.2, -0.15) is 5.10 Å². The third kappa shape index (κ3) is 4.20. The van der Waals surface area contributed by atoms with Crippen molar-refractivity contribution >= 4 is 11.7 Å². The molecule has 0 saturated heterocycles. The van der Waals surface area contributed by atoms with Crippen LogP contribution in [0.1, 0.15) is 50.8 Å². The first-order chi connectivity index (χ1) is 10.9. The highest BCUT2D eigenvalue weighted by Crippen LogP contribution is 2.22. The molecule has 124 valence electrons. The number of hydrogen-bond acceptors (Lipinski definition) is 3. The lowest BCUT2D eigenvalue weighted by Gasteiger charge is -2.12. The van der Waals surface area contributed by atoms with Crippen molar-refractivity contribution in [2.45, 2.75) is 52.5 Å². The van der Waals surface area contributed by atoms with Gasteiger partial charge in [-0.15, -0.1) is 0 Å². The van der Waals surface area contributed by atoms with Crippen molar-refractivity contribution in [2.75, 3.05) is 5.32 Å². The summed E-state index contributed by atoms with van der Waals surface area (Å²) < 4.78 is 1.77. The maximum atomic E-state index is 12.2. The first kappa shape index (κ1) is 17.2. The lowest BCUT2D eigenvalue weighted by Crippen LogP contribution is -2.35. The van der Waals surface area contributed by atoms with Gasteiger partial charge in [-0.05, 0) is 31.4 Å². The van der Waals surface area contributed by atoms with Crippen molar-refractivity contribution < 1.29 is 4.79 Å². The van der Waals surface area contributed by atoms with Crippen molar-refractivity contribution in [1.29, 1.82) is 0 Å². The van der Waals surface area contributed by atoms with Gasteiger partial charge >= 0.3 is 0 Å². The topological polar surface area (TPSA) is 72.9 Å². The third-order valence-electron chi connectivity index (χ3n) is 3.79. The molecule has 1 heterocycles. The minimum absolute atomic E-state index is 0.171. The van der Waals surface area contributed by atoms with Gasteiger partial charge in [0.05, 0.1) is 17.4 Å². The summed E-state index contributed by atoms with van der Waals surface area (Å²) in [5, 5.41) is 7.55. The van der Waals surface area contributed by atoms with Gasteiger partial charge in [0.25, 0.3) is 0 Å². The highest BCUT2D eigenvalue weighted by molar-refractivity contribution is 5.94. The van der Waals surface area contributed by atoms with Crippen LogP contribution in [0, 0.1) is 6.92 Å². The highest BCUT2D eigenvalue weighted by atomic mass is 16.2. The van der Waals surface area contributed by atoms with Gasteiger partial charge < -0.3 is 11.1 Å². The molecule has 23 heavy (non-hydrogen) atoms. The average molecular weight is 314 g/mol. The Kier molecular flexibility index (Phi) is 5.55. The van der Waals surface area contributed by atoms with Crippen LogP contribution in [0.4, 0.5) is 5.82 Å². The zero-order valence-corrected chi connectivity index (χ0v) is 14.3. The molecule has 1 amide bonds. The van der Waals surface area contributed by atoms with E-state index >= 15 is 0 Å². The van der Waals surface area contributed by atoms with Crippen molar-refractivity contribution in [3.8, 4) is 5.69 Å². The van der Waals surface area contributed by atoms with Gasteiger partial charge in [-0.3, -0.25) is 4.79 Å². The second kappa shape index (κ2) is 7.42. The number of nitrogens with one attached hydrogen (secondary N) is 1. The minimum Gasteiger partial charge on any atom is -0.320 e. The number of carbonyl (C=O) groups excluding carboxylic acids is 1. The van der Waals surface area contributed by atoms with Crippen LogP contribution in [0.3, 0.4) is 0 Å². The largest absolute Gasteiger partial charge is 0.320 e. The lowest BCUT2D eigenvalue weighted by molar-refractivity contribution is -0.117. The van der Waals surface area contributed by atoms with Crippen LogP contribution in [-0.4, -0.2) is 21.7 Å². The van der Waals surface area contributed by atoms with Crippen molar-refractivity contribution in [3.63, 3.8) is 0 Å². The maximum Gasteiger partial charge on any atom is 0.242 e. The van der Waals surface area contributed by atoms with Crippen LogP contribution in [0.2, 0.25) is 0 Å². The molecular formula is C18H26N4O. The molecule has 0 aliphatic rings. The minimum atomic E-state index is -0.496. The first-order valence-electron chi connectivity index (χ1n) is 8.15. The molecule has 5 nitrogen and oxygen atoms in total. The Morgan fingerprint density at radius 2 is 1.96 bits per heavy atom. The summed E-state index contributed by atoms with van der Waals surface area (Å²) in [4.78, 5) is 12.2. The van der Waals surface area contributed by atoms with E-state index in [1.165, 1.54) is 5.56 Å². The summed E-state index contributed by atoms with van der Waals surface area (Å²) >= 11 is 0. The molecule has 0 radical (unpaired) electrons. The Labute approximate surface area is 137 Å². The second-order valence-corrected chi connectivity index (χ2v) is 6.24. The molecule has 0 spiro atoms. The molecule has 0 aliphatic carbocycles. The molecule has 2 aromatic rings.